The van der Waals surface area contributed by atoms with Crippen LogP contribution in [0.3, 0.4) is 0 Å². The molecule has 4 nitrogen and oxygen atoms in total. The van der Waals surface area contributed by atoms with Crippen LogP contribution in [0.4, 0.5) is 5.69 Å². The van der Waals surface area contributed by atoms with E-state index in [9.17, 15) is 4.79 Å². The topological polar surface area (TPSA) is 45.9 Å². The van der Waals surface area contributed by atoms with Crippen molar-refractivity contribution in [2.24, 2.45) is 10.4 Å². The quantitative estimate of drug-likeness (QED) is 0.772. The number of hydrogen-bond donors (Lipinski definition) is 2. The number of anilines is 1. The Morgan fingerprint density at radius 3 is 2.75 bits per heavy atom. The SMILES string of the molecule is C[NH+](C)CC(C)(C)CN=CC1C(=O)Nc2ccccc21. The van der Waals surface area contributed by atoms with E-state index in [1.165, 1.54) is 4.90 Å². The maximum atomic E-state index is 12.0. The van der Waals surface area contributed by atoms with Crippen molar-refractivity contribution in [1.29, 1.82) is 0 Å². The number of carbonyl (C=O) groups excluding carboxylic acids is 1. The van der Waals surface area contributed by atoms with E-state index in [1.54, 1.807) is 6.21 Å². The van der Waals surface area contributed by atoms with Crippen molar-refractivity contribution in [2.45, 2.75) is 19.8 Å². The summed E-state index contributed by atoms with van der Waals surface area (Å²) in [6, 6.07) is 7.81. The van der Waals surface area contributed by atoms with Crippen LogP contribution in [0.1, 0.15) is 25.3 Å². The average Bonchev–Trinajstić information content (AvgIpc) is 2.64. The summed E-state index contributed by atoms with van der Waals surface area (Å²) in [5.41, 5.74) is 2.08. The zero-order chi connectivity index (χ0) is 14.8. The highest BCUT2D eigenvalue weighted by molar-refractivity contribution is 6.12. The van der Waals surface area contributed by atoms with Gasteiger partial charge in [-0.25, -0.2) is 0 Å². The molecule has 0 bridgehead atoms. The Hall–Kier alpha value is -1.68. The molecule has 0 fully saturated rings. The van der Waals surface area contributed by atoms with Crippen molar-refractivity contribution in [3.8, 4) is 0 Å². The fraction of sp³-hybridized carbons (Fsp3) is 0.500. The molecule has 1 aliphatic heterocycles. The molecule has 2 rings (SSSR count). The number of hydrogen-bond acceptors (Lipinski definition) is 2. The lowest BCUT2D eigenvalue weighted by Crippen LogP contribution is -3.07. The molecule has 0 saturated carbocycles. The highest BCUT2D eigenvalue weighted by Gasteiger charge is 2.29. The van der Waals surface area contributed by atoms with Crippen LogP contribution in [-0.4, -0.2) is 39.3 Å². The van der Waals surface area contributed by atoms with Crippen LogP contribution in [0.25, 0.3) is 0 Å². The minimum Gasteiger partial charge on any atom is -0.339 e. The van der Waals surface area contributed by atoms with Gasteiger partial charge in [0.15, 0.2) is 0 Å². The van der Waals surface area contributed by atoms with Gasteiger partial charge in [-0.2, -0.15) is 0 Å². The van der Waals surface area contributed by atoms with Gasteiger partial charge in [-0.3, -0.25) is 9.79 Å². The molecule has 1 aromatic carbocycles. The Labute approximate surface area is 120 Å². The van der Waals surface area contributed by atoms with Crippen LogP contribution >= 0.6 is 0 Å². The number of amides is 1. The van der Waals surface area contributed by atoms with E-state index in [4.69, 9.17) is 0 Å². The molecular formula is C16H24N3O+. The predicted molar refractivity (Wildman–Crippen MR) is 82.6 cm³/mol. The summed E-state index contributed by atoms with van der Waals surface area (Å²) in [7, 11) is 4.29. The van der Waals surface area contributed by atoms with Gasteiger partial charge in [0.05, 0.1) is 20.6 Å². The Morgan fingerprint density at radius 1 is 1.35 bits per heavy atom. The standard InChI is InChI=1S/C16H23N3O/c1-16(2,11-19(3)4)10-17-9-13-12-7-5-6-8-14(12)18-15(13)20/h5-9,13H,10-11H2,1-4H3,(H,18,20)/p+1. The second-order valence-corrected chi connectivity index (χ2v) is 6.59. The molecular weight excluding hydrogens is 250 g/mol. The Bertz CT molecular complexity index is 520. The molecule has 0 aromatic heterocycles. The number of benzene rings is 1. The van der Waals surface area contributed by atoms with E-state index in [-0.39, 0.29) is 17.2 Å². The first-order valence-corrected chi connectivity index (χ1v) is 7.08. The smallest absolute Gasteiger partial charge is 0.237 e. The molecule has 2 N–H and O–H groups in total. The van der Waals surface area contributed by atoms with Gasteiger partial charge in [-0.1, -0.05) is 32.0 Å². The molecule has 4 heteroatoms. The molecule has 1 aliphatic rings. The summed E-state index contributed by atoms with van der Waals surface area (Å²) in [5, 5.41) is 2.89. The second kappa shape index (κ2) is 5.75. The lowest BCUT2D eigenvalue weighted by atomic mass is 9.93. The van der Waals surface area contributed by atoms with Crippen LogP contribution < -0.4 is 10.2 Å². The van der Waals surface area contributed by atoms with E-state index >= 15 is 0 Å². The van der Waals surface area contributed by atoms with E-state index in [2.05, 4.69) is 38.3 Å². The van der Waals surface area contributed by atoms with Crippen LogP contribution in [-0.2, 0) is 4.79 Å². The van der Waals surface area contributed by atoms with Crippen LogP contribution in [0.15, 0.2) is 29.3 Å². The summed E-state index contributed by atoms with van der Waals surface area (Å²) in [6.45, 7) is 6.21. The summed E-state index contributed by atoms with van der Waals surface area (Å²) >= 11 is 0. The first-order chi connectivity index (χ1) is 9.39. The Balaban J connectivity index is 2.03. The van der Waals surface area contributed by atoms with Crippen molar-refractivity contribution in [3.63, 3.8) is 0 Å². The highest BCUT2D eigenvalue weighted by atomic mass is 16.2. The molecule has 1 unspecified atom stereocenters. The summed E-state index contributed by atoms with van der Waals surface area (Å²) in [5.74, 6) is -0.223. The number of nitrogens with one attached hydrogen (secondary N) is 2. The monoisotopic (exact) mass is 274 g/mol. The van der Waals surface area contributed by atoms with Gasteiger partial charge in [0.2, 0.25) is 5.91 Å². The van der Waals surface area contributed by atoms with Gasteiger partial charge in [-0.15, -0.1) is 0 Å². The van der Waals surface area contributed by atoms with Gasteiger partial charge >= 0.3 is 0 Å². The van der Waals surface area contributed by atoms with Gasteiger partial charge in [-0.05, 0) is 11.6 Å². The third-order valence-electron chi connectivity index (χ3n) is 3.44. The molecule has 1 amide bonds. The lowest BCUT2D eigenvalue weighted by Gasteiger charge is -2.23. The van der Waals surface area contributed by atoms with Crippen LogP contribution in [0.2, 0.25) is 0 Å². The van der Waals surface area contributed by atoms with Gasteiger partial charge in [0.25, 0.3) is 0 Å². The van der Waals surface area contributed by atoms with E-state index < -0.39 is 0 Å². The number of aliphatic imine (C=N–C) groups is 1. The number of nitrogens with zero attached hydrogens (tertiary/aromatic N) is 1. The van der Waals surface area contributed by atoms with Crippen LogP contribution in [0.5, 0.6) is 0 Å². The van der Waals surface area contributed by atoms with Crippen molar-refractivity contribution in [3.05, 3.63) is 29.8 Å². The molecule has 1 atom stereocenters. The van der Waals surface area contributed by atoms with E-state index in [0.717, 1.165) is 24.3 Å². The highest BCUT2D eigenvalue weighted by Crippen LogP contribution is 2.30. The molecule has 1 heterocycles. The minimum atomic E-state index is -0.242. The summed E-state index contributed by atoms with van der Waals surface area (Å²) in [4.78, 5) is 17.9. The number of carbonyl (C=O) groups is 1. The van der Waals surface area contributed by atoms with Crippen molar-refractivity contribution in [1.82, 2.24) is 0 Å². The molecule has 0 aliphatic carbocycles. The molecule has 1 aromatic rings. The van der Waals surface area contributed by atoms with Gasteiger partial charge in [0.1, 0.15) is 5.92 Å². The maximum Gasteiger partial charge on any atom is 0.237 e. The van der Waals surface area contributed by atoms with Crippen molar-refractivity contribution >= 4 is 17.8 Å². The van der Waals surface area contributed by atoms with Gasteiger partial charge < -0.3 is 10.2 Å². The van der Waals surface area contributed by atoms with Gasteiger partial charge in [0, 0.05) is 23.9 Å². The van der Waals surface area contributed by atoms with E-state index in [0.29, 0.717) is 0 Å². The summed E-state index contributed by atoms with van der Waals surface area (Å²) in [6.07, 6.45) is 1.80. The zero-order valence-corrected chi connectivity index (χ0v) is 12.7. The summed E-state index contributed by atoms with van der Waals surface area (Å²) < 4.78 is 0. The molecule has 20 heavy (non-hydrogen) atoms. The molecule has 0 spiro atoms. The first-order valence-electron chi connectivity index (χ1n) is 7.08. The van der Waals surface area contributed by atoms with Crippen molar-refractivity contribution < 1.29 is 9.69 Å². The Kier molecular flexibility index (Phi) is 4.23. The number of fused-ring (bicyclic) bond motifs is 1. The molecule has 0 radical (unpaired) electrons. The molecule has 0 saturated heterocycles. The average molecular weight is 274 g/mol. The number of para-hydroxylation sites is 1. The number of quaternary nitrogens is 1. The third kappa shape index (κ3) is 3.45. The van der Waals surface area contributed by atoms with Crippen molar-refractivity contribution in [2.75, 3.05) is 32.5 Å². The fourth-order valence-electron chi connectivity index (χ4n) is 2.80. The normalized spacial score (nSPS) is 18.6. The largest absolute Gasteiger partial charge is 0.339 e. The second-order valence-electron chi connectivity index (χ2n) is 6.59. The first kappa shape index (κ1) is 14.7. The van der Waals surface area contributed by atoms with Crippen LogP contribution in [0, 0.1) is 5.41 Å². The number of rotatable bonds is 5. The predicted octanol–water partition coefficient (Wildman–Crippen LogP) is 0.964. The third-order valence-corrected chi connectivity index (χ3v) is 3.44. The maximum absolute atomic E-state index is 12.0. The zero-order valence-electron chi connectivity index (χ0n) is 12.7. The van der Waals surface area contributed by atoms with E-state index in [1.807, 2.05) is 24.3 Å². The molecule has 108 valence electrons. The fourth-order valence-corrected chi connectivity index (χ4v) is 2.80. The minimum absolute atomic E-state index is 0.0194. The lowest BCUT2D eigenvalue weighted by molar-refractivity contribution is -0.865. The Morgan fingerprint density at radius 2 is 2.05 bits per heavy atom.